The number of aromatic nitrogens is 2. The summed E-state index contributed by atoms with van der Waals surface area (Å²) in [5, 5.41) is 8.08. The average molecular weight is 534 g/mol. The van der Waals surface area contributed by atoms with Crippen LogP contribution in [0.25, 0.3) is 5.69 Å². The van der Waals surface area contributed by atoms with E-state index in [9.17, 15) is 9.59 Å². The SMILES string of the molecule is CCCCN1C(=O)C(CC2CCCCC2)NC(=O)C12CCN(Cc1c(C)nn(-c3ccc(C)cc3)c1C)CC2. The number of aryl methyl sites for hydroxylation is 2. The van der Waals surface area contributed by atoms with Crippen molar-refractivity contribution >= 4 is 11.8 Å². The summed E-state index contributed by atoms with van der Waals surface area (Å²) in [7, 11) is 0. The van der Waals surface area contributed by atoms with Gasteiger partial charge in [0.25, 0.3) is 0 Å². The van der Waals surface area contributed by atoms with Crippen molar-refractivity contribution in [2.24, 2.45) is 5.92 Å². The number of hydrogen-bond acceptors (Lipinski definition) is 4. The van der Waals surface area contributed by atoms with Crippen LogP contribution in [-0.2, 0) is 16.1 Å². The molecule has 2 amide bonds. The number of rotatable bonds is 8. The van der Waals surface area contributed by atoms with E-state index in [-0.39, 0.29) is 17.9 Å². The van der Waals surface area contributed by atoms with Crippen molar-refractivity contribution in [3.05, 3.63) is 46.8 Å². The molecule has 1 aromatic heterocycles. The molecule has 1 aliphatic carbocycles. The maximum Gasteiger partial charge on any atom is 0.246 e. The van der Waals surface area contributed by atoms with Gasteiger partial charge < -0.3 is 10.2 Å². The van der Waals surface area contributed by atoms with Gasteiger partial charge in [-0.15, -0.1) is 0 Å². The van der Waals surface area contributed by atoms with Gasteiger partial charge in [0.2, 0.25) is 11.8 Å². The minimum Gasteiger partial charge on any atom is -0.342 e. The molecule has 2 aromatic rings. The van der Waals surface area contributed by atoms with Crippen LogP contribution in [0.4, 0.5) is 0 Å². The quantitative estimate of drug-likeness (QED) is 0.505. The summed E-state index contributed by atoms with van der Waals surface area (Å²) in [5.74, 6) is 0.801. The zero-order valence-electron chi connectivity index (χ0n) is 24.5. The Kier molecular flexibility index (Phi) is 8.46. The lowest BCUT2D eigenvalue weighted by molar-refractivity contribution is -0.162. The van der Waals surface area contributed by atoms with E-state index in [0.29, 0.717) is 25.3 Å². The predicted molar refractivity (Wildman–Crippen MR) is 155 cm³/mol. The first-order valence-corrected chi connectivity index (χ1v) is 15.3. The molecule has 1 aromatic carbocycles. The van der Waals surface area contributed by atoms with Crippen molar-refractivity contribution in [3.8, 4) is 5.69 Å². The Labute approximate surface area is 234 Å². The van der Waals surface area contributed by atoms with E-state index >= 15 is 0 Å². The molecular formula is C32H47N5O2. The Morgan fingerprint density at radius 2 is 1.69 bits per heavy atom. The number of benzene rings is 1. The molecule has 1 spiro atoms. The van der Waals surface area contributed by atoms with Gasteiger partial charge in [0, 0.05) is 37.4 Å². The van der Waals surface area contributed by atoms with E-state index in [0.717, 1.165) is 56.0 Å². The number of nitrogens with one attached hydrogen (secondary N) is 1. The molecule has 39 heavy (non-hydrogen) atoms. The minimum atomic E-state index is -0.706. The van der Waals surface area contributed by atoms with Gasteiger partial charge in [-0.05, 0) is 64.5 Å². The number of piperidine rings is 1. The Bertz CT molecular complexity index is 1160. The molecule has 1 unspecified atom stereocenters. The van der Waals surface area contributed by atoms with Crippen molar-refractivity contribution < 1.29 is 9.59 Å². The van der Waals surface area contributed by atoms with Crippen LogP contribution in [0.5, 0.6) is 0 Å². The molecule has 7 nitrogen and oxygen atoms in total. The molecule has 2 aliphatic heterocycles. The fourth-order valence-corrected chi connectivity index (χ4v) is 7.08. The zero-order chi connectivity index (χ0) is 27.6. The molecule has 1 atom stereocenters. The molecule has 0 bridgehead atoms. The Balaban J connectivity index is 1.28. The average Bonchev–Trinajstić information content (AvgIpc) is 3.22. The summed E-state index contributed by atoms with van der Waals surface area (Å²) in [4.78, 5) is 32.0. The molecule has 2 saturated heterocycles. The van der Waals surface area contributed by atoms with Crippen molar-refractivity contribution in [3.63, 3.8) is 0 Å². The van der Waals surface area contributed by atoms with E-state index in [4.69, 9.17) is 5.10 Å². The molecule has 0 radical (unpaired) electrons. The third kappa shape index (κ3) is 5.65. The fourth-order valence-electron chi connectivity index (χ4n) is 7.08. The highest BCUT2D eigenvalue weighted by Crippen LogP contribution is 2.36. The molecular weight excluding hydrogens is 486 g/mol. The largest absolute Gasteiger partial charge is 0.342 e. The zero-order valence-corrected chi connectivity index (χ0v) is 24.5. The van der Waals surface area contributed by atoms with Crippen molar-refractivity contribution in [1.29, 1.82) is 0 Å². The third-order valence-corrected chi connectivity index (χ3v) is 9.62. The van der Waals surface area contributed by atoms with Crippen LogP contribution in [0.2, 0.25) is 0 Å². The van der Waals surface area contributed by atoms with Crippen LogP contribution in [-0.4, -0.2) is 62.6 Å². The molecule has 1 N–H and O–H groups in total. The van der Waals surface area contributed by atoms with Gasteiger partial charge in [-0.3, -0.25) is 14.5 Å². The molecule has 5 rings (SSSR count). The van der Waals surface area contributed by atoms with Gasteiger partial charge in [-0.2, -0.15) is 5.10 Å². The summed E-state index contributed by atoms with van der Waals surface area (Å²) in [6.07, 6.45) is 10.3. The van der Waals surface area contributed by atoms with Gasteiger partial charge in [0.1, 0.15) is 11.6 Å². The summed E-state index contributed by atoms with van der Waals surface area (Å²) >= 11 is 0. The molecule has 3 aliphatic rings. The summed E-state index contributed by atoms with van der Waals surface area (Å²) in [5.41, 5.74) is 5.08. The summed E-state index contributed by atoms with van der Waals surface area (Å²) in [6.45, 7) is 11.6. The van der Waals surface area contributed by atoms with Crippen LogP contribution in [0.1, 0.15) is 93.6 Å². The highest BCUT2D eigenvalue weighted by atomic mass is 16.2. The lowest BCUT2D eigenvalue weighted by Gasteiger charge is -2.52. The molecule has 1 saturated carbocycles. The van der Waals surface area contributed by atoms with Gasteiger partial charge >= 0.3 is 0 Å². The second-order valence-corrected chi connectivity index (χ2v) is 12.3. The van der Waals surface area contributed by atoms with Crippen molar-refractivity contribution in [1.82, 2.24) is 24.9 Å². The monoisotopic (exact) mass is 533 g/mol. The molecule has 212 valence electrons. The molecule has 7 heteroatoms. The first-order chi connectivity index (χ1) is 18.8. The maximum atomic E-state index is 13.8. The number of likely N-dealkylation sites (tertiary alicyclic amines) is 1. The topological polar surface area (TPSA) is 70.5 Å². The smallest absolute Gasteiger partial charge is 0.246 e. The first kappa shape index (κ1) is 27.9. The number of unbranched alkanes of at least 4 members (excludes halogenated alkanes) is 1. The lowest BCUT2D eigenvalue weighted by atomic mass is 9.79. The van der Waals surface area contributed by atoms with E-state index in [1.165, 1.54) is 43.2 Å². The van der Waals surface area contributed by atoms with Crippen LogP contribution >= 0.6 is 0 Å². The van der Waals surface area contributed by atoms with Gasteiger partial charge in [-0.25, -0.2) is 4.68 Å². The number of carbonyl (C=O) groups is 2. The molecule has 3 heterocycles. The van der Waals surface area contributed by atoms with Gasteiger partial charge in [-0.1, -0.05) is 63.1 Å². The van der Waals surface area contributed by atoms with Crippen LogP contribution in [0.3, 0.4) is 0 Å². The number of carbonyl (C=O) groups excluding carboxylic acids is 2. The first-order valence-electron chi connectivity index (χ1n) is 15.3. The third-order valence-electron chi connectivity index (χ3n) is 9.62. The second kappa shape index (κ2) is 11.8. The summed E-state index contributed by atoms with van der Waals surface area (Å²) < 4.78 is 2.04. The van der Waals surface area contributed by atoms with Crippen molar-refractivity contribution in [2.45, 2.75) is 110 Å². The standard InChI is InChI=1S/C32H47N5O2/c1-5-6-18-36-30(38)29(21-26-10-8-7-9-11-26)33-31(39)32(36)16-19-35(20-17-32)22-28-24(3)34-37(25(28)4)27-14-12-23(2)13-15-27/h12-15,26,29H,5-11,16-22H2,1-4H3,(H,33,39). The Hall–Kier alpha value is -2.67. The lowest BCUT2D eigenvalue weighted by Crippen LogP contribution is -2.73. The van der Waals surface area contributed by atoms with Crippen LogP contribution < -0.4 is 5.32 Å². The number of piperazine rings is 1. The van der Waals surface area contributed by atoms with Crippen molar-refractivity contribution in [2.75, 3.05) is 19.6 Å². The number of amides is 2. The van der Waals surface area contributed by atoms with E-state index in [2.05, 4.69) is 62.2 Å². The van der Waals surface area contributed by atoms with Gasteiger partial charge in [0.05, 0.1) is 11.4 Å². The highest BCUT2D eigenvalue weighted by Gasteiger charge is 2.53. The van der Waals surface area contributed by atoms with Crippen LogP contribution in [0, 0.1) is 26.7 Å². The maximum absolute atomic E-state index is 13.8. The minimum absolute atomic E-state index is 0.0817. The van der Waals surface area contributed by atoms with E-state index < -0.39 is 5.54 Å². The fraction of sp³-hybridized carbons (Fsp3) is 0.656. The van der Waals surface area contributed by atoms with Crippen LogP contribution in [0.15, 0.2) is 24.3 Å². The Morgan fingerprint density at radius 3 is 2.36 bits per heavy atom. The number of hydrogen-bond donors (Lipinski definition) is 1. The number of nitrogens with zero attached hydrogens (tertiary/aromatic N) is 4. The second-order valence-electron chi connectivity index (χ2n) is 12.3. The normalized spacial score (nSPS) is 22.5. The molecule has 3 fully saturated rings. The van der Waals surface area contributed by atoms with Gasteiger partial charge in [0.15, 0.2) is 0 Å². The predicted octanol–water partition coefficient (Wildman–Crippen LogP) is 5.23. The van der Waals surface area contributed by atoms with E-state index in [1.807, 2.05) is 9.58 Å². The Morgan fingerprint density at radius 1 is 1.00 bits per heavy atom. The van der Waals surface area contributed by atoms with E-state index in [1.54, 1.807) is 0 Å². The highest BCUT2D eigenvalue weighted by molar-refractivity contribution is 6.00. The summed E-state index contributed by atoms with van der Waals surface area (Å²) in [6, 6.07) is 8.13.